The lowest BCUT2D eigenvalue weighted by molar-refractivity contribution is -0.137. The van der Waals surface area contributed by atoms with Crippen molar-refractivity contribution in [1.82, 2.24) is 5.32 Å². The maximum Gasteiger partial charge on any atom is 0.303 e. The van der Waals surface area contributed by atoms with Gasteiger partial charge in [0.25, 0.3) is 0 Å². The first-order valence-corrected chi connectivity index (χ1v) is 7.92. The lowest BCUT2D eigenvalue weighted by Crippen LogP contribution is -2.23. The SMILES string of the molecule is O=CC(NCCCCC(=O)O)c1cccc(Oc2ccccc2)c1. The van der Waals surface area contributed by atoms with Gasteiger partial charge in [0.15, 0.2) is 0 Å². The summed E-state index contributed by atoms with van der Waals surface area (Å²) in [4.78, 5) is 21.8. The van der Waals surface area contributed by atoms with Gasteiger partial charge in [-0.05, 0) is 49.2 Å². The second kappa shape index (κ2) is 9.47. The molecule has 0 amide bonds. The maximum atomic E-state index is 11.3. The fourth-order valence-electron chi connectivity index (χ4n) is 2.30. The minimum Gasteiger partial charge on any atom is -0.481 e. The molecule has 5 nitrogen and oxygen atoms in total. The van der Waals surface area contributed by atoms with Crippen molar-refractivity contribution in [2.45, 2.75) is 25.3 Å². The molecule has 0 aliphatic rings. The quantitative estimate of drug-likeness (QED) is 0.515. The molecular formula is C19H21NO4. The number of para-hydroxylation sites is 1. The zero-order valence-electron chi connectivity index (χ0n) is 13.4. The third-order valence-corrected chi connectivity index (χ3v) is 3.51. The normalized spacial score (nSPS) is 11.7. The van der Waals surface area contributed by atoms with Gasteiger partial charge in [0.2, 0.25) is 0 Å². The minimum atomic E-state index is -0.798. The molecule has 24 heavy (non-hydrogen) atoms. The van der Waals surface area contributed by atoms with E-state index in [4.69, 9.17) is 9.84 Å². The first kappa shape index (κ1) is 17.7. The molecule has 0 bridgehead atoms. The monoisotopic (exact) mass is 327 g/mol. The highest BCUT2D eigenvalue weighted by molar-refractivity contribution is 5.66. The Hall–Kier alpha value is -2.66. The van der Waals surface area contributed by atoms with Gasteiger partial charge in [-0.25, -0.2) is 0 Å². The molecule has 2 aromatic carbocycles. The zero-order chi connectivity index (χ0) is 17.2. The van der Waals surface area contributed by atoms with Crippen LogP contribution in [0.1, 0.15) is 30.9 Å². The molecule has 2 N–H and O–H groups in total. The highest BCUT2D eigenvalue weighted by Gasteiger charge is 2.10. The number of rotatable bonds is 10. The second-order valence-corrected chi connectivity index (χ2v) is 5.41. The number of hydrogen-bond acceptors (Lipinski definition) is 4. The Morgan fingerprint density at radius 1 is 1.08 bits per heavy atom. The van der Waals surface area contributed by atoms with Crippen LogP contribution in [0, 0.1) is 0 Å². The van der Waals surface area contributed by atoms with Crippen LogP contribution >= 0.6 is 0 Å². The Labute approximate surface area is 141 Å². The molecule has 0 heterocycles. The van der Waals surface area contributed by atoms with E-state index in [0.29, 0.717) is 25.1 Å². The molecular weight excluding hydrogens is 306 g/mol. The number of benzene rings is 2. The number of carbonyl (C=O) groups is 2. The zero-order valence-corrected chi connectivity index (χ0v) is 13.4. The number of carbonyl (C=O) groups excluding carboxylic acids is 1. The molecule has 2 aromatic rings. The highest BCUT2D eigenvalue weighted by Crippen LogP contribution is 2.24. The third kappa shape index (κ3) is 5.85. The van der Waals surface area contributed by atoms with Gasteiger partial charge in [0.05, 0.1) is 6.04 Å². The van der Waals surface area contributed by atoms with E-state index in [2.05, 4.69) is 5.32 Å². The first-order valence-electron chi connectivity index (χ1n) is 7.92. The number of aliphatic carboxylic acids is 1. The molecule has 0 radical (unpaired) electrons. The molecule has 1 atom stereocenters. The van der Waals surface area contributed by atoms with Crippen LogP contribution in [0.15, 0.2) is 54.6 Å². The van der Waals surface area contributed by atoms with Gasteiger partial charge in [-0.2, -0.15) is 0 Å². The van der Waals surface area contributed by atoms with Crippen LogP contribution in [0.5, 0.6) is 11.5 Å². The molecule has 2 rings (SSSR count). The van der Waals surface area contributed by atoms with Crippen molar-refractivity contribution >= 4 is 12.3 Å². The summed E-state index contributed by atoms with van der Waals surface area (Å²) in [6.45, 7) is 0.584. The van der Waals surface area contributed by atoms with E-state index in [1.54, 1.807) is 0 Å². The summed E-state index contributed by atoms with van der Waals surface area (Å²) in [7, 11) is 0. The average Bonchev–Trinajstić information content (AvgIpc) is 2.59. The van der Waals surface area contributed by atoms with Crippen LogP contribution in [0.3, 0.4) is 0 Å². The molecule has 126 valence electrons. The van der Waals surface area contributed by atoms with E-state index in [1.807, 2.05) is 54.6 Å². The molecule has 0 aliphatic carbocycles. The molecule has 0 aliphatic heterocycles. The number of unbranched alkanes of at least 4 members (excludes halogenated alkanes) is 1. The van der Waals surface area contributed by atoms with Crippen LogP contribution in [0.25, 0.3) is 0 Å². The van der Waals surface area contributed by atoms with Gasteiger partial charge in [0.1, 0.15) is 17.8 Å². The fourth-order valence-corrected chi connectivity index (χ4v) is 2.30. The lowest BCUT2D eigenvalue weighted by atomic mass is 10.1. The largest absolute Gasteiger partial charge is 0.481 e. The summed E-state index contributed by atoms with van der Waals surface area (Å²) >= 11 is 0. The van der Waals surface area contributed by atoms with Crippen molar-refractivity contribution in [3.8, 4) is 11.5 Å². The standard InChI is InChI=1S/C19H21NO4/c21-14-18(20-12-5-4-11-19(22)23)15-7-6-10-17(13-15)24-16-8-2-1-3-9-16/h1-3,6-10,13-14,18,20H,4-5,11-12H2,(H,22,23). The smallest absolute Gasteiger partial charge is 0.303 e. The Bertz CT molecular complexity index is 657. The number of carboxylic acids is 1. The van der Waals surface area contributed by atoms with Crippen LogP contribution in [0.2, 0.25) is 0 Å². The van der Waals surface area contributed by atoms with Gasteiger partial charge >= 0.3 is 5.97 Å². The van der Waals surface area contributed by atoms with Gasteiger partial charge in [0, 0.05) is 6.42 Å². The summed E-state index contributed by atoms with van der Waals surface area (Å²) in [6.07, 6.45) is 2.29. The summed E-state index contributed by atoms with van der Waals surface area (Å²) in [6, 6.07) is 16.4. The number of nitrogens with one attached hydrogen (secondary N) is 1. The molecule has 0 saturated heterocycles. The van der Waals surface area contributed by atoms with Crippen LogP contribution in [0.4, 0.5) is 0 Å². The Balaban J connectivity index is 1.92. The number of carboxylic acid groups (broad SMARTS) is 1. The predicted octanol–water partition coefficient (Wildman–Crippen LogP) is 3.56. The van der Waals surface area contributed by atoms with Crippen molar-refractivity contribution in [2.75, 3.05) is 6.54 Å². The van der Waals surface area contributed by atoms with E-state index in [1.165, 1.54) is 0 Å². The van der Waals surface area contributed by atoms with Gasteiger partial charge in [-0.15, -0.1) is 0 Å². The van der Waals surface area contributed by atoms with Crippen LogP contribution in [-0.2, 0) is 9.59 Å². The third-order valence-electron chi connectivity index (χ3n) is 3.51. The van der Waals surface area contributed by atoms with Crippen molar-refractivity contribution in [3.63, 3.8) is 0 Å². The molecule has 0 saturated carbocycles. The average molecular weight is 327 g/mol. The maximum absolute atomic E-state index is 11.3. The number of aldehydes is 1. The lowest BCUT2D eigenvalue weighted by Gasteiger charge is -2.14. The highest BCUT2D eigenvalue weighted by atomic mass is 16.5. The molecule has 1 unspecified atom stereocenters. The van der Waals surface area contributed by atoms with Crippen molar-refractivity contribution in [3.05, 3.63) is 60.2 Å². The molecule has 5 heteroatoms. The Morgan fingerprint density at radius 3 is 2.54 bits per heavy atom. The molecule has 0 fully saturated rings. The number of ether oxygens (including phenoxy) is 1. The van der Waals surface area contributed by atoms with Gasteiger partial charge < -0.3 is 20.0 Å². The van der Waals surface area contributed by atoms with E-state index >= 15 is 0 Å². The molecule has 0 spiro atoms. The van der Waals surface area contributed by atoms with Gasteiger partial charge in [-0.1, -0.05) is 30.3 Å². The van der Waals surface area contributed by atoms with E-state index in [-0.39, 0.29) is 6.42 Å². The van der Waals surface area contributed by atoms with Crippen molar-refractivity contribution < 1.29 is 19.4 Å². The van der Waals surface area contributed by atoms with Crippen LogP contribution < -0.4 is 10.1 Å². The van der Waals surface area contributed by atoms with Crippen molar-refractivity contribution in [1.29, 1.82) is 0 Å². The summed E-state index contributed by atoms with van der Waals surface area (Å²) in [5.74, 6) is 0.602. The fraction of sp³-hybridized carbons (Fsp3) is 0.263. The number of hydrogen-bond donors (Lipinski definition) is 2. The Kier molecular flexibility index (Phi) is 6.98. The van der Waals surface area contributed by atoms with Gasteiger partial charge in [-0.3, -0.25) is 4.79 Å². The van der Waals surface area contributed by atoms with E-state index in [9.17, 15) is 9.59 Å². The summed E-state index contributed by atoms with van der Waals surface area (Å²) in [5, 5.41) is 11.7. The van der Waals surface area contributed by atoms with Crippen molar-refractivity contribution in [2.24, 2.45) is 0 Å². The van der Waals surface area contributed by atoms with Crippen LogP contribution in [-0.4, -0.2) is 23.9 Å². The predicted molar refractivity (Wildman–Crippen MR) is 91.3 cm³/mol. The van der Waals surface area contributed by atoms with E-state index < -0.39 is 12.0 Å². The molecule has 0 aromatic heterocycles. The first-order chi connectivity index (χ1) is 11.7. The minimum absolute atomic E-state index is 0.147. The summed E-state index contributed by atoms with van der Waals surface area (Å²) < 4.78 is 5.77. The summed E-state index contributed by atoms with van der Waals surface area (Å²) in [5.41, 5.74) is 0.816. The topological polar surface area (TPSA) is 75.6 Å². The second-order valence-electron chi connectivity index (χ2n) is 5.41. The van der Waals surface area contributed by atoms with E-state index in [0.717, 1.165) is 17.6 Å². The Morgan fingerprint density at radius 2 is 1.83 bits per heavy atom.